The number of piperidine rings is 3. The fraction of sp³-hybridized carbons (Fsp3) is 0.522. The molecule has 6 heteroatoms. The van der Waals surface area contributed by atoms with E-state index >= 15 is 0 Å². The number of anilines is 1. The number of hydrogen-bond acceptors (Lipinski definition) is 5. The summed E-state index contributed by atoms with van der Waals surface area (Å²) >= 11 is 1.59. The highest BCUT2D eigenvalue weighted by molar-refractivity contribution is 7.17. The molecule has 0 saturated carbocycles. The van der Waals surface area contributed by atoms with Gasteiger partial charge in [0.15, 0.2) is 0 Å². The molecule has 4 aliphatic rings. The van der Waals surface area contributed by atoms with Crippen molar-refractivity contribution < 1.29 is 9.53 Å². The minimum Gasteiger partial charge on any atom is -0.378 e. The Labute approximate surface area is 176 Å². The van der Waals surface area contributed by atoms with Gasteiger partial charge in [-0.25, -0.2) is 0 Å². The number of carbonyl (C=O) groups excluding carboxylic acids is 1. The SMILES string of the molecule is C[C@H]1[C@H](NC(=O)c2ccc(-c3ccc(N4CCOCC4)cc3)s2)C2CCN1CC2. The zero-order valence-electron chi connectivity index (χ0n) is 17.0. The van der Waals surface area contributed by atoms with Crippen molar-refractivity contribution in [3.8, 4) is 10.4 Å². The molecule has 1 amide bonds. The summed E-state index contributed by atoms with van der Waals surface area (Å²) in [5, 5.41) is 3.34. The van der Waals surface area contributed by atoms with Gasteiger partial charge in [0.05, 0.1) is 18.1 Å². The molecule has 0 unspecified atom stereocenters. The standard InChI is InChI=1S/C23H29N3O2S/c1-16-22(18-8-10-25(16)11-9-18)24-23(27)21-7-6-20(29-21)17-2-4-19(5-3-17)26-12-14-28-15-13-26/h2-7,16,18,22H,8-15H2,1H3,(H,24,27)/t16-,22-/m0/s1. The maximum atomic E-state index is 12.9. The van der Waals surface area contributed by atoms with Gasteiger partial charge in [-0.2, -0.15) is 0 Å². The molecule has 4 aliphatic heterocycles. The van der Waals surface area contributed by atoms with Gasteiger partial charge in [-0.3, -0.25) is 9.69 Å². The molecule has 1 N–H and O–H groups in total. The number of rotatable bonds is 4. The number of thiophene rings is 1. The quantitative estimate of drug-likeness (QED) is 0.837. The molecule has 6 rings (SSSR count). The van der Waals surface area contributed by atoms with Crippen LogP contribution in [0.4, 0.5) is 5.69 Å². The van der Waals surface area contributed by atoms with E-state index in [2.05, 4.69) is 52.4 Å². The number of nitrogens with zero attached hydrogens (tertiary/aromatic N) is 2. The van der Waals surface area contributed by atoms with Gasteiger partial charge in [0.1, 0.15) is 0 Å². The molecule has 0 aliphatic carbocycles. The van der Waals surface area contributed by atoms with Gasteiger partial charge in [0.2, 0.25) is 0 Å². The maximum Gasteiger partial charge on any atom is 0.261 e. The molecule has 1 aromatic carbocycles. The van der Waals surface area contributed by atoms with E-state index in [0.717, 1.165) is 36.1 Å². The Kier molecular flexibility index (Phi) is 5.33. The van der Waals surface area contributed by atoms with Crippen molar-refractivity contribution in [2.24, 2.45) is 5.92 Å². The Bertz CT molecular complexity index is 849. The molecule has 29 heavy (non-hydrogen) atoms. The Morgan fingerprint density at radius 2 is 1.76 bits per heavy atom. The van der Waals surface area contributed by atoms with E-state index in [9.17, 15) is 4.79 Å². The number of morpholine rings is 1. The summed E-state index contributed by atoms with van der Waals surface area (Å²) < 4.78 is 5.44. The first-order valence-corrected chi connectivity index (χ1v) is 11.6. The van der Waals surface area contributed by atoms with Gasteiger partial charge in [0.25, 0.3) is 5.91 Å². The summed E-state index contributed by atoms with van der Waals surface area (Å²) in [6.45, 7) is 8.10. The van der Waals surface area contributed by atoms with E-state index in [1.54, 1.807) is 11.3 Å². The number of benzene rings is 1. The fourth-order valence-corrected chi connectivity index (χ4v) is 5.96. The van der Waals surface area contributed by atoms with Crippen LogP contribution in [0.2, 0.25) is 0 Å². The van der Waals surface area contributed by atoms with Crippen LogP contribution >= 0.6 is 11.3 Å². The van der Waals surface area contributed by atoms with Gasteiger partial charge in [-0.05, 0) is 68.6 Å². The second kappa shape index (κ2) is 8.09. The average molecular weight is 412 g/mol. The van der Waals surface area contributed by atoms with Gasteiger partial charge in [-0.1, -0.05) is 12.1 Å². The Balaban J connectivity index is 1.26. The molecule has 2 bridgehead atoms. The number of ether oxygens (including phenoxy) is 1. The molecule has 154 valence electrons. The third-order valence-electron chi connectivity index (χ3n) is 6.83. The van der Waals surface area contributed by atoms with Crippen molar-refractivity contribution >= 4 is 22.9 Å². The lowest BCUT2D eigenvalue weighted by molar-refractivity contribution is 0.0218. The lowest BCUT2D eigenvalue weighted by Crippen LogP contribution is -2.62. The Hall–Kier alpha value is -1.89. The van der Waals surface area contributed by atoms with Crippen LogP contribution in [-0.2, 0) is 4.74 Å². The fourth-order valence-electron chi connectivity index (χ4n) is 5.04. The molecule has 2 aromatic rings. The second-order valence-corrected chi connectivity index (χ2v) is 9.51. The van der Waals surface area contributed by atoms with Gasteiger partial charge in [-0.15, -0.1) is 11.3 Å². The van der Waals surface area contributed by atoms with Crippen molar-refractivity contribution in [2.75, 3.05) is 44.3 Å². The summed E-state index contributed by atoms with van der Waals surface area (Å²) in [5.74, 6) is 0.711. The number of hydrogen-bond donors (Lipinski definition) is 1. The monoisotopic (exact) mass is 411 g/mol. The molecule has 5 nitrogen and oxygen atoms in total. The highest BCUT2D eigenvalue weighted by Gasteiger charge is 2.40. The van der Waals surface area contributed by atoms with Gasteiger partial charge < -0.3 is 15.0 Å². The zero-order chi connectivity index (χ0) is 19.8. The second-order valence-electron chi connectivity index (χ2n) is 8.42. The van der Waals surface area contributed by atoms with Crippen LogP contribution in [0, 0.1) is 5.92 Å². The van der Waals surface area contributed by atoms with Crippen LogP contribution in [0.25, 0.3) is 10.4 Å². The number of carbonyl (C=O) groups is 1. The Morgan fingerprint density at radius 1 is 1.03 bits per heavy atom. The van der Waals surface area contributed by atoms with Crippen LogP contribution in [0.3, 0.4) is 0 Å². The normalized spacial score (nSPS) is 29.1. The van der Waals surface area contributed by atoms with E-state index in [-0.39, 0.29) is 11.9 Å². The molecule has 4 saturated heterocycles. The molecule has 0 spiro atoms. The minimum absolute atomic E-state index is 0.0804. The van der Waals surface area contributed by atoms with Crippen molar-refractivity contribution in [1.29, 1.82) is 0 Å². The van der Waals surface area contributed by atoms with E-state index in [0.29, 0.717) is 12.0 Å². The van der Waals surface area contributed by atoms with Crippen molar-refractivity contribution in [3.05, 3.63) is 41.3 Å². The van der Waals surface area contributed by atoms with Crippen LogP contribution in [0.1, 0.15) is 29.4 Å². The van der Waals surface area contributed by atoms with Crippen LogP contribution < -0.4 is 10.2 Å². The highest BCUT2D eigenvalue weighted by atomic mass is 32.1. The van der Waals surface area contributed by atoms with Crippen molar-refractivity contribution in [2.45, 2.75) is 31.8 Å². The van der Waals surface area contributed by atoms with E-state index in [1.807, 2.05) is 6.07 Å². The van der Waals surface area contributed by atoms with Crippen molar-refractivity contribution in [1.82, 2.24) is 10.2 Å². The summed E-state index contributed by atoms with van der Waals surface area (Å²) in [6, 6.07) is 13.4. The van der Waals surface area contributed by atoms with E-state index in [4.69, 9.17) is 4.74 Å². The molecular formula is C23H29N3O2S. The predicted octanol–water partition coefficient (Wildman–Crippen LogP) is 3.46. The maximum absolute atomic E-state index is 12.9. The summed E-state index contributed by atoms with van der Waals surface area (Å²) in [4.78, 5) is 19.7. The Morgan fingerprint density at radius 3 is 2.45 bits per heavy atom. The lowest BCUT2D eigenvalue weighted by atomic mass is 9.79. The van der Waals surface area contributed by atoms with Gasteiger partial charge in [0, 0.05) is 35.7 Å². The first-order valence-electron chi connectivity index (χ1n) is 10.8. The minimum atomic E-state index is 0.0804. The largest absolute Gasteiger partial charge is 0.378 e. The van der Waals surface area contributed by atoms with Crippen molar-refractivity contribution in [3.63, 3.8) is 0 Å². The molecule has 4 fully saturated rings. The summed E-state index contributed by atoms with van der Waals surface area (Å²) in [7, 11) is 0. The third-order valence-corrected chi connectivity index (χ3v) is 7.97. The van der Waals surface area contributed by atoms with E-state index in [1.165, 1.54) is 37.2 Å². The zero-order valence-corrected chi connectivity index (χ0v) is 17.8. The number of nitrogens with one attached hydrogen (secondary N) is 1. The predicted molar refractivity (Wildman–Crippen MR) is 118 cm³/mol. The van der Waals surface area contributed by atoms with Gasteiger partial charge >= 0.3 is 0 Å². The van der Waals surface area contributed by atoms with E-state index < -0.39 is 0 Å². The lowest BCUT2D eigenvalue weighted by Gasteiger charge is -2.49. The summed E-state index contributed by atoms with van der Waals surface area (Å²) in [6.07, 6.45) is 2.42. The molecule has 0 radical (unpaired) electrons. The smallest absolute Gasteiger partial charge is 0.261 e. The molecule has 1 aromatic heterocycles. The number of amides is 1. The number of fused-ring (bicyclic) bond motifs is 3. The third kappa shape index (κ3) is 3.81. The first kappa shape index (κ1) is 19.1. The average Bonchev–Trinajstić information content (AvgIpc) is 3.28. The first-order chi connectivity index (χ1) is 14.2. The molecule has 5 heterocycles. The van der Waals surface area contributed by atoms with Crippen LogP contribution in [-0.4, -0.2) is 62.3 Å². The highest BCUT2D eigenvalue weighted by Crippen LogP contribution is 2.33. The van der Waals surface area contributed by atoms with Crippen LogP contribution in [0.5, 0.6) is 0 Å². The topological polar surface area (TPSA) is 44.8 Å². The summed E-state index contributed by atoms with van der Waals surface area (Å²) in [5.41, 5.74) is 2.41. The molecular weight excluding hydrogens is 382 g/mol. The molecule has 2 atom stereocenters. The van der Waals surface area contributed by atoms with Crippen LogP contribution in [0.15, 0.2) is 36.4 Å².